The first-order chi connectivity index (χ1) is 9.11. The van der Waals surface area contributed by atoms with E-state index in [1.54, 1.807) is 0 Å². The molecular weight excluding hydrogens is 232 g/mol. The Kier molecular flexibility index (Phi) is 5.00. The van der Waals surface area contributed by atoms with Crippen LogP contribution in [0.1, 0.15) is 45.2 Å². The predicted molar refractivity (Wildman–Crippen MR) is 82.3 cm³/mol. The van der Waals surface area contributed by atoms with Crippen LogP contribution in [0.25, 0.3) is 0 Å². The fourth-order valence-electron chi connectivity index (χ4n) is 3.05. The summed E-state index contributed by atoms with van der Waals surface area (Å²) in [5.74, 6) is 0. The molecule has 1 aromatic carbocycles. The molecule has 1 fully saturated rings. The number of rotatable bonds is 6. The van der Waals surface area contributed by atoms with Gasteiger partial charge in [-0.3, -0.25) is 0 Å². The third-order valence-corrected chi connectivity index (χ3v) is 4.14. The minimum absolute atomic E-state index is 0.495. The maximum absolute atomic E-state index is 3.62. The van der Waals surface area contributed by atoms with Gasteiger partial charge in [-0.25, -0.2) is 0 Å². The molecule has 0 aliphatic carbocycles. The number of nitrogens with zero attached hydrogens (tertiary/aromatic N) is 1. The highest BCUT2D eigenvalue weighted by atomic mass is 15.2. The Bertz CT molecular complexity index is 372. The zero-order valence-corrected chi connectivity index (χ0v) is 12.7. The van der Waals surface area contributed by atoms with Gasteiger partial charge in [0.05, 0.1) is 0 Å². The van der Waals surface area contributed by atoms with Crippen LogP contribution in [-0.2, 0) is 0 Å². The average molecular weight is 260 g/mol. The van der Waals surface area contributed by atoms with Crippen LogP contribution in [0.2, 0.25) is 0 Å². The van der Waals surface area contributed by atoms with Gasteiger partial charge in [0.15, 0.2) is 0 Å². The van der Waals surface area contributed by atoms with E-state index in [4.69, 9.17) is 0 Å². The first-order valence-electron chi connectivity index (χ1n) is 7.61. The zero-order valence-electron chi connectivity index (χ0n) is 12.7. The van der Waals surface area contributed by atoms with E-state index in [1.807, 2.05) is 0 Å². The molecule has 2 rings (SSSR count). The Labute approximate surface area is 118 Å². The molecule has 0 amide bonds. The van der Waals surface area contributed by atoms with Crippen molar-refractivity contribution in [3.8, 4) is 0 Å². The number of likely N-dealkylation sites (tertiary alicyclic amines) is 1. The lowest BCUT2D eigenvalue weighted by molar-refractivity contribution is 0.274. The van der Waals surface area contributed by atoms with Crippen molar-refractivity contribution in [2.45, 2.75) is 39.7 Å². The molecule has 0 bridgehead atoms. The van der Waals surface area contributed by atoms with Crippen molar-refractivity contribution in [2.75, 3.05) is 26.2 Å². The molecule has 0 spiro atoms. The molecule has 1 aliphatic heterocycles. The Morgan fingerprint density at radius 2 is 2.00 bits per heavy atom. The smallest absolute Gasteiger partial charge is 0.0332 e. The number of hydrogen-bond donors (Lipinski definition) is 1. The summed E-state index contributed by atoms with van der Waals surface area (Å²) in [7, 11) is 0. The molecule has 0 saturated carbocycles. The third kappa shape index (κ3) is 4.32. The van der Waals surface area contributed by atoms with Gasteiger partial charge in [0.1, 0.15) is 0 Å². The maximum atomic E-state index is 3.62. The highest BCUT2D eigenvalue weighted by Gasteiger charge is 2.29. The Morgan fingerprint density at radius 3 is 2.58 bits per heavy atom. The van der Waals surface area contributed by atoms with Gasteiger partial charge in [0.2, 0.25) is 0 Å². The molecule has 2 nitrogen and oxygen atoms in total. The van der Waals surface area contributed by atoms with E-state index in [9.17, 15) is 0 Å². The van der Waals surface area contributed by atoms with E-state index in [1.165, 1.54) is 38.0 Å². The molecule has 1 atom stereocenters. The SMILES string of the molecule is CCNC(CCN1CCC(C)(C)C1)c1ccccc1. The van der Waals surface area contributed by atoms with Crippen LogP contribution in [0.4, 0.5) is 0 Å². The normalized spacial score (nSPS) is 20.6. The van der Waals surface area contributed by atoms with E-state index in [0.717, 1.165) is 6.54 Å². The first-order valence-corrected chi connectivity index (χ1v) is 7.61. The fraction of sp³-hybridized carbons (Fsp3) is 0.647. The van der Waals surface area contributed by atoms with Crippen LogP contribution in [0, 0.1) is 5.41 Å². The molecule has 1 unspecified atom stereocenters. The Balaban J connectivity index is 1.88. The van der Waals surface area contributed by atoms with Crippen molar-refractivity contribution in [1.82, 2.24) is 10.2 Å². The van der Waals surface area contributed by atoms with E-state index in [2.05, 4.69) is 61.3 Å². The summed E-state index contributed by atoms with van der Waals surface area (Å²) in [5.41, 5.74) is 1.93. The average Bonchev–Trinajstić information content (AvgIpc) is 2.75. The van der Waals surface area contributed by atoms with Gasteiger partial charge in [-0.1, -0.05) is 51.1 Å². The van der Waals surface area contributed by atoms with Crippen molar-refractivity contribution >= 4 is 0 Å². The molecule has 1 aromatic rings. The molecule has 1 heterocycles. The fourth-order valence-corrected chi connectivity index (χ4v) is 3.05. The largest absolute Gasteiger partial charge is 0.310 e. The molecule has 1 N–H and O–H groups in total. The highest BCUT2D eigenvalue weighted by molar-refractivity contribution is 5.18. The summed E-state index contributed by atoms with van der Waals surface area (Å²) in [6, 6.07) is 11.3. The molecular formula is C17H28N2. The summed E-state index contributed by atoms with van der Waals surface area (Å²) in [6.07, 6.45) is 2.54. The summed E-state index contributed by atoms with van der Waals surface area (Å²) < 4.78 is 0. The van der Waals surface area contributed by atoms with Crippen molar-refractivity contribution in [1.29, 1.82) is 0 Å². The van der Waals surface area contributed by atoms with Gasteiger partial charge < -0.3 is 10.2 Å². The van der Waals surface area contributed by atoms with Crippen LogP contribution in [-0.4, -0.2) is 31.1 Å². The minimum atomic E-state index is 0.495. The van der Waals surface area contributed by atoms with Gasteiger partial charge in [0.25, 0.3) is 0 Å². The summed E-state index contributed by atoms with van der Waals surface area (Å²) >= 11 is 0. The van der Waals surface area contributed by atoms with Crippen LogP contribution in [0.3, 0.4) is 0 Å². The predicted octanol–water partition coefficient (Wildman–Crippen LogP) is 3.46. The molecule has 0 radical (unpaired) electrons. The Hall–Kier alpha value is -0.860. The van der Waals surface area contributed by atoms with E-state index in [-0.39, 0.29) is 0 Å². The number of hydrogen-bond acceptors (Lipinski definition) is 2. The van der Waals surface area contributed by atoms with Crippen LogP contribution >= 0.6 is 0 Å². The van der Waals surface area contributed by atoms with Gasteiger partial charge in [-0.15, -0.1) is 0 Å². The van der Waals surface area contributed by atoms with E-state index < -0.39 is 0 Å². The van der Waals surface area contributed by atoms with Gasteiger partial charge in [-0.05, 0) is 43.5 Å². The quantitative estimate of drug-likeness (QED) is 0.842. The number of nitrogens with one attached hydrogen (secondary N) is 1. The minimum Gasteiger partial charge on any atom is -0.310 e. The summed E-state index contributed by atoms with van der Waals surface area (Å²) in [5, 5.41) is 3.62. The molecule has 1 saturated heterocycles. The lowest BCUT2D eigenvalue weighted by atomic mass is 9.93. The summed E-state index contributed by atoms with van der Waals surface area (Å²) in [6.45, 7) is 11.7. The van der Waals surface area contributed by atoms with Gasteiger partial charge in [0, 0.05) is 12.6 Å². The van der Waals surface area contributed by atoms with Crippen LogP contribution in [0.15, 0.2) is 30.3 Å². The lowest BCUT2D eigenvalue weighted by Gasteiger charge is -2.23. The second-order valence-corrected chi connectivity index (χ2v) is 6.50. The van der Waals surface area contributed by atoms with Crippen molar-refractivity contribution < 1.29 is 0 Å². The third-order valence-electron chi connectivity index (χ3n) is 4.14. The van der Waals surface area contributed by atoms with Crippen LogP contribution < -0.4 is 5.32 Å². The van der Waals surface area contributed by atoms with Crippen molar-refractivity contribution in [3.63, 3.8) is 0 Å². The zero-order chi connectivity index (χ0) is 13.7. The molecule has 1 aliphatic rings. The number of benzene rings is 1. The lowest BCUT2D eigenvalue weighted by Crippen LogP contribution is -2.29. The van der Waals surface area contributed by atoms with E-state index in [0.29, 0.717) is 11.5 Å². The monoisotopic (exact) mass is 260 g/mol. The molecule has 19 heavy (non-hydrogen) atoms. The maximum Gasteiger partial charge on any atom is 0.0332 e. The van der Waals surface area contributed by atoms with Gasteiger partial charge in [-0.2, -0.15) is 0 Å². The highest BCUT2D eigenvalue weighted by Crippen LogP contribution is 2.29. The molecule has 106 valence electrons. The second-order valence-electron chi connectivity index (χ2n) is 6.50. The van der Waals surface area contributed by atoms with Crippen molar-refractivity contribution in [3.05, 3.63) is 35.9 Å². The Morgan fingerprint density at radius 1 is 1.26 bits per heavy atom. The van der Waals surface area contributed by atoms with Crippen molar-refractivity contribution in [2.24, 2.45) is 5.41 Å². The summed E-state index contributed by atoms with van der Waals surface area (Å²) in [4.78, 5) is 2.62. The first kappa shape index (κ1) is 14.5. The van der Waals surface area contributed by atoms with Gasteiger partial charge >= 0.3 is 0 Å². The molecule has 2 heteroatoms. The topological polar surface area (TPSA) is 15.3 Å². The van der Waals surface area contributed by atoms with E-state index >= 15 is 0 Å². The molecule has 0 aromatic heterocycles. The van der Waals surface area contributed by atoms with Crippen LogP contribution in [0.5, 0.6) is 0 Å². The standard InChI is InChI=1S/C17H28N2/c1-4-18-16(15-8-6-5-7-9-15)10-12-19-13-11-17(2,3)14-19/h5-9,16,18H,4,10-14H2,1-3H3. The second kappa shape index (κ2) is 6.53.